The zero-order chi connectivity index (χ0) is 16.3. The summed E-state index contributed by atoms with van der Waals surface area (Å²) in [5.74, 6) is -0.0363. The van der Waals surface area contributed by atoms with Crippen LogP contribution in [0.5, 0.6) is 0 Å². The molecule has 2 aromatic rings. The average Bonchev–Trinajstić information content (AvgIpc) is 2.45. The van der Waals surface area contributed by atoms with Crippen LogP contribution in [0.3, 0.4) is 0 Å². The van der Waals surface area contributed by atoms with Crippen LogP contribution in [0.15, 0.2) is 24.3 Å². The topological polar surface area (TPSA) is 82.3 Å². The van der Waals surface area contributed by atoms with E-state index < -0.39 is 4.92 Å². The molecule has 0 aliphatic heterocycles. The quantitative estimate of drug-likeness (QED) is 0.481. The minimum Gasteiger partial charge on any atom is -0.465 e. The van der Waals surface area contributed by atoms with Gasteiger partial charge in [0.1, 0.15) is 5.52 Å². The number of ether oxygens (including phenoxy) is 1. The summed E-state index contributed by atoms with van der Waals surface area (Å²) >= 11 is 0. The number of hydrogen-bond donors (Lipinski definition) is 0. The van der Waals surface area contributed by atoms with Gasteiger partial charge in [0.2, 0.25) is 0 Å². The van der Waals surface area contributed by atoms with Crippen molar-refractivity contribution in [1.29, 1.82) is 0 Å². The van der Waals surface area contributed by atoms with Crippen molar-refractivity contribution in [3.63, 3.8) is 0 Å². The van der Waals surface area contributed by atoms with Crippen molar-refractivity contribution in [1.82, 2.24) is 4.98 Å². The Kier molecular flexibility index (Phi) is 4.70. The van der Waals surface area contributed by atoms with Crippen molar-refractivity contribution < 1.29 is 14.5 Å². The van der Waals surface area contributed by atoms with Crippen LogP contribution in [-0.4, -0.2) is 22.5 Å². The summed E-state index contributed by atoms with van der Waals surface area (Å²) in [6.45, 7) is 6.05. The van der Waals surface area contributed by atoms with Crippen molar-refractivity contribution in [2.45, 2.75) is 27.2 Å². The third-order valence-electron chi connectivity index (χ3n) is 3.23. The summed E-state index contributed by atoms with van der Waals surface area (Å²) < 4.78 is 5.16. The van der Waals surface area contributed by atoms with E-state index in [2.05, 4.69) is 4.98 Å². The second-order valence-electron chi connectivity index (χ2n) is 5.59. The SMILES string of the molecule is Cc1nc2c([N+](=O)[O-])cccc2cc1CC(=O)OCC(C)C. The Bertz CT molecular complexity index is 725. The Labute approximate surface area is 128 Å². The molecule has 116 valence electrons. The lowest BCUT2D eigenvalue weighted by Gasteiger charge is -2.09. The summed E-state index contributed by atoms with van der Waals surface area (Å²) in [5.41, 5.74) is 1.63. The summed E-state index contributed by atoms with van der Waals surface area (Å²) in [4.78, 5) is 26.7. The van der Waals surface area contributed by atoms with Crippen LogP contribution in [0.25, 0.3) is 10.9 Å². The number of aromatic nitrogens is 1. The van der Waals surface area contributed by atoms with E-state index in [9.17, 15) is 14.9 Å². The van der Waals surface area contributed by atoms with Crippen molar-refractivity contribution in [3.05, 3.63) is 45.6 Å². The number of carbonyl (C=O) groups is 1. The fourth-order valence-corrected chi connectivity index (χ4v) is 2.11. The molecule has 6 nitrogen and oxygen atoms in total. The van der Waals surface area contributed by atoms with Gasteiger partial charge in [0.15, 0.2) is 0 Å². The van der Waals surface area contributed by atoms with Crippen LogP contribution in [0.2, 0.25) is 0 Å². The second kappa shape index (κ2) is 6.51. The molecule has 1 heterocycles. The third kappa shape index (κ3) is 3.58. The Morgan fingerprint density at radius 3 is 2.77 bits per heavy atom. The lowest BCUT2D eigenvalue weighted by Crippen LogP contribution is -2.13. The number of esters is 1. The molecule has 22 heavy (non-hydrogen) atoms. The molecule has 0 N–H and O–H groups in total. The number of fused-ring (bicyclic) bond motifs is 1. The highest BCUT2D eigenvalue weighted by atomic mass is 16.6. The molecular weight excluding hydrogens is 284 g/mol. The maximum atomic E-state index is 11.8. The number of aryl methyl sites for hydroxylation is 1. The molecule has 0 unspecified atom stereocenters. The fraction of sp³-hybridized carbons (Fsp3) is 0.375. The van der Waals surface area contributed by atoms with Gasteiger partial charge < -0.3 is 4.74 Å². The molecule has 1 aromatic carbocycles. The summed E-state index contributed by atoms with van der Waals surface area (Å²) in [7, 11) is 0. The highest BCUT2D eigenvalue weighted by Gasteiger charge is 2.16. The predicted octanol–water partition coefficient (Wildman–Crippen LogP) is 3.19. The average molecular weight is 302 g/mol. The molecule has 0 aliphatic carbocycles. The largest absolute Gasteiger partial charge is 0.465 e. The van der Waals surface area contributed by atoms with Crippen LogP contribution in [-0.2, 0) is 16.0 Å². The molecule has 0 bridgehead atoms. The third-order valence-corrected chi connectivity index (χ3v) is 3.23. The number of nitrogens with zero attached hydrogens (tertiary/aromatic N) is 2. The van der Waals surface area contributed by atoms with E-state index in [1.165, 1.54) is 6.07 Å². The number of pyridine rings is 1. The molecule has 0 fully saturated rings. The van der Waals surface area contributed by atoms with E-state index in [1.54, 1.807) is 25.1 Å². The van der Waals surface area contributed by atoms with E-state index in [0.717, 1.165) is 5.56 Å². The summed E-state index contributed by atoms with van der Waals surface area (Å²) in [6.07, 6.45) is 0.115. The van der Waals surface area contributed by atoms with E-state index in [0.29, 0.717) is 23.2 Å². The van der Waals surface area contributed by atoms with Crippen LogP contribution < -0.4 is 0 Å². The van der Waals surface area contributed by atoms with Crippen molar-refractivity contribution in [2.75, 3.05) is 6.61 Å². The molecule has 0 aliphatic rings. The van der Waals surface area contributed by atoms with Crippen LogP contribution in [0, 0.1) is 23.0 Å². The first kappa shape index (κ1) is 15.9. The maximum Gasteiger partial charge on any atom is 0.310 e. The van der Waals surface area contributed by atoms with E-state index in [4.69, 9.17) is 4.74 Å². The van der Waals surface area contributed by atoms with Gasteiger partial charge in [-0.15, -0.1) is 0 Å². The summed E-state index contributed by atoms with van der Waals surface area (Å²) in [5, 5.41) is 11.7. The predicted molar refractivity (Wildman–Crippen MR) is 82.6 cm³/mol. The van der Waals surface area contributed by atoms with Gasteiger partial charge in [-0.3, -0.25) is 14.9 Å². The monoisotopic (exact) mass is 302 g/mol. The summed E-state index contributed by atoms with van der Waals surface area (Å²) in [6, 6.07) is 6.54. The van der Waals surface area contributed by atoms with Gasteiger partial charge >= 0.3 is 5.97 Å². The normalized spacial score (nSPS) is 10.9. The van der Waals surface area contributed by atoms with Crippen molar-refractivity contribution in [2.24, 2.45) is 5.92 Å². The number of nitro benzene ring substituents is 1. The zero-order valence-electron chi connectivity index (χ0n) is 12.8. The van der Waals surface area contributed by atoms with Gasteiger partial charge in [-0.05, 0) is 24.5 Å². The number of nitro groups is 1. The molecule has 0 spiro atoms. The van der Waals surface area contributed by atoms with Gasteiger partial charge in [-0.2, -0.15) is 0 Å². The molecule has 2 rings (SSSR count). The molecule has 6 heteroatoms. The van der Waals surface area contributed by atoms with Gasteiger partial charge in [0.25, 0.3) is 5.69 Å². The Hall–Kier alpha value is -2.50. The van der Waals surface area contributed by atoms with Crippen LogP contribution in [0.1, 0.15) is 25.1 Å². The number of carbonyl (C=O) groups excluding carboxylic acids is 1. The van der Waals surface area contributed by atoms with E-state index in [1.807, 2.05) is 13.8 Å². The van der Waals surface area contributed by atoms with Gasteiger partial charge in [-0.1, -0.05) is 26.0 Å². The number of para-hydroxylation sites is 1. The number of benzene rings is 1. The van der Waals surface area contributed by atoms with Crippen LogP contribution in [0.4, 0.5) is 5.69 Å². The highest BCUT2D eigenvalue weighted by molar-refractivity contribution is 5.88. The second-order valence-corrected chi connectivity index (χ2v) is 5.59. The first-order valence-corrected chi connectivity index (χ1v) is 7.07. The Morgan fingerprint density at radius 2 is 2.14 bits per heavy atom. The fourth-order valence-electron chi connectivity index (χ4n) is 2.11. The highest BCUT2D eigenvalue weighted by Crippen LogP contribution is 2.25. The number of non-ortho nitro benzene ring substituents is 1. The van der Waals surface area contributed by atoms with Gasteiger partial charge in [0.05, 0.1) is 18.0 Å². The lowest BCUT2D eigenvalue weighted by molar-refractivity contribution is -0.383. The standard InChI is InChI=1S/C16H18N2O4/c1-10(2)9-22-15(19)8-13-7-12-5-4-6-14(18(20)21)16(12)17-11(13)3/h4-7,10H,8-9H2,1-3H3. The van der Waals surface area contributed by atoms with Crippen LogP contribution >= 0.6 is 0 Å². The first-order chi connectivity index (χ1) is 10.4. The van der Waals surface area contributed by atoms with Gasteiger partial charge in [0, 0.05) is 17.1 Å². The number of hydrogen-bond acceptors (Lipinski definition) is 5. The molecule has 0 atom stereocenters. The minimum absolute atomic E-state index is 0.0328. The molecule has 0 saturated carbocycles. The molecular formula is C16H18N2O4. The lowest BCUT2D eigenvalue weighted by atomic mass is 10.1. The molecule has 0 saturated heterocycles. The minimum atomic E-state index is -0.453. The van der Waals surface area contributed by atoms with E-state index >= 15 is 0 Å². The first-order valence-electron chi connectivity index (χ1n) is 7.07. The Morgan fingerprint density at radius 1 is 1.41 bits per heavy atom. The van der Waals surface area contributed by atoms with Crippen molar-refractivity contribution >= 4 is 22.6 Å². The smallest absolute Gasteiger partial charge is 0.310 e. The maximum absolute atomic E-state index is 11.8. The zero-order valence-corrected chi connectivity index (χ0v) is 12.8. The Balaban J connectivity index is 2.31. The molecule has 0 radical (unpaired) electrons. The van der Waals surface area contributed by atoms with E-state index in [-0.39, 0.29) is 24.0 Å². The molecule has 0 amide bonds. The molecule has 1 aromatic heterocycles. The van der Waals surface area contributed by atoms with Gasteiger partial charge in [-0.25, -0.2) is 4.98 Å². The number of rotatable bonds is 5. The van der Waals surface area contributed by atoms with Crippen molar-refractivity contribution in [3.8, 4) is 0 Å².